The van der Waals surface area contributed by atoms with Crippen LogP contribution in [0, 0.1) is 10.1 Å². The van der Waals surface area contributed by atoms with Gasteiger partial charge in [-0.1, -0.05) is 35.3 Å². The van der Waals surface area contributed by atoms with Gasteiger partial charge in [0.2, 0.25) is 0 Å². The Bertz CT molecular complexity index is 599. The number of hydrogen-bond acceptors (Lipinski definition) is 3. The van der Waals surface area contributed by atoms with Gasteiger partial charge in [0.25, 0.3) is 5.69 Å². The van der Waals surface area contributed by atoms with Gasteiger partial charge in [0, 0.05) is 11.1 Å². The van der Waals surface area contributed by atoms with Gasteiger partial charge in [0.15, 0.2) is 0 Å². The maximum Gasteiger partial charge on any atom is 0.273 e. The molecular formula is C13H9Cl2NO3. The van der Waals surface area contributed by atoms with Crippen LogP contribution in [0.5, 0.6) is 5.75 Å². The van der Waals surface area contributed by atoms with E-state index < -0.39 is 4.92 Å². The van der Waals surface area contributed by atoms with Crippen molar-refractivity contribution >= 4 is 28.9 Å². The van der Waals surface area contributed by atoms with Crippen LogP contribution in [0.1, 0.15) is 5.56 Å². The third-order valence-electron chi connectivity index (χ3n) is 2.43. The number of nitro benzene ring substituents is 1. The standard InChI is InChI=1S/C13H9Cl2NO3/c14-10-3-1-9(2-4-10)8-19-13-7-11(16(17)18)5-6-12(13)15/h1-7H,8H2. The van der Waals surface area contributed by atoms with E-state index in [0.717, 1.165) is 5.56 Å². The van der Waals surface area contributed by atoms with Gasteiger partial charge in [-0.25, -0.2) is 0 Å². The summed E-state index contributed by atoms with van der Waals surface area (Å²) in [6.07, 6.45) is 0. The first-order chi connectivity index (χ1) is 9.06. The third kappa shape index (κ3) is 3.59. The molecule has 2 aromatic carbocycles. The molecule has 0 aliphatic carbocycles. The van der Waals surface area contributed by atoms with Gasteiger partial charge >= 0.3 is 0 Å². The second kappa shape index (κ2) is 5.91. The molecule has 98 valence electrons. The minimum Gasteiger partial charge on any atom is -0.487 e. The summed E-state index contributed by atoms with van der Waals surface area (Å²) in [6, 6.07) is 11.2. The fraction of sp³-hybridized carbons (Fsp3) is 0.0769. The zero-order valence-electron chi connectivity index (χ0n) is 9.68. The number of nitrogens with zero attached hydrogens (tertiary/aromatic N) is 1. The molecule has 0 bridgehead atoms. The molecule has 0 aromatic heterocycles. The molecule has 4 nitrogen and oxygen atoms in total. The fourth-order valence-electron chi connectivity index (χ4n) is 1.46. The number of halogens is 2. The van der Waals surface area contributed by atoms with E-state index in [-0.39, 0.29) is 18.0 Å². The van der Waals surface area contributed by atoms with Crippen LogP contribution in [-0.2, 0) is 6.61 Å². The summed E-state index contributed by atoms with van der Waals surface area (Å²) < 4.78 is 5.47. The summed E-state index contributed by atoms with van der Waals surface area (Å²) in [6.45, 7) is 0.262. The Balaban J connectivity index is 2.12. The minimum atomic E-state index is -0.495. The molecule has 0 radical (unpaired) electrons. The Morgan fingerprint density at radius 2 is 1.79 bits per heavy atom. The summed E-state index contributed by atoms with van der Waals surface area (Å²) in [5, 5.41) is 11.6. The van der Waals surface area contributed by atoms with Crippen molar-refractivity contribution in [2.24, 2.45) is 0 Å². The minimum absolute atomic E-state index is 0.0597. The highest BCUT2D eigenvalue weighted by molar-refractivity contribution is 6.32. The number of non-ortho nitro benzene ring substituents is 1. The topological polar surface area (TPSA) is 52.4 Å². The van der Waals surface area contributed by atoms with Gasteiger partial charge in [0.1, 0.15) is 12.4 Å². The van der Waals surface area contributed by atoms with Crippen molar-refractivity contribution in [3.05, 3.63) is 68.2 Å². The summed E-state index contributed by atoms with van der Waals surface area (Å²) in [4.78, 5) is 10.2. The quantitative estimate of drug-likeness (QED) is 0.617. The summed E-state index contributed by atoms with van der Waals surface area (Å²) in [5.41, 5.74) is 0.836. The van der Waals surface area contributed by atoms with Crippen LogP contribution in [-0.4, -0.2) is 4.92 Å². The first-order valence-electron chi connectivity index (χ1n) is 5.37. The van der Waals surface area contributed by atoms with Crippen LogP contribution in [0.4, 0.5) is 5.69 Å². The van der Waals surface area contributed by atoms with Crippen molar-refractivity contribution < 1.29 is 9.66 Å². The van der Waals surface area contributed by atoms with E-state index >= 15 is 0 Å². The molecule has 0 aliphatic rings. The fourth-order valence-corrected chi connectivity index (χ4v) is 1.76. The average molecular weight is 298 g/mol. The zero-order valence-corrected chi connectivity index (χ0v) is 11.2. The normalized spacial score (nSPS) is 10.2. The molecule has 0 unspecified atom stereocenters. The third-order valence-corrected chi connectivity index (χ3v) is 3.00. The number of rotatable bonds is 4. The van der Waals surface area contributed by atoms with E-state index in [2.05, 4.69) is 0 Å². The van der Waals surface area contributed by atoms with E-state index in [4.69, 9.17) is 27.9 Å². The number of nitro groups is 1. The first-order valence-corrected chi connectivity index (χ1v) is 6.13. The van der Waals surface area contributed by atoms with Crippen molar-refractivity contribution in [1.29, 1.82) is 0 Å². The second-order valence-corrected chi connectivity index (χ2v) is 4.63. The Kier molecular flexibility index (Phi) is 4.24. The molecule has 2 aromatic rings. The van der Waals surface area contributed by atoms with Crippen molar-refractivity contribution in [3.63, 3.8) is 0 Å². The van der Waals surface area contributed by atoms with Gasteiger partial charge < -0.3 is 4.74 Å². The van der Waals surface area contributed by atoms with Crippen molar-refractivity contribution in [2.45, 2.75) is 6.61 Å². The zero-order chi connectivity index (χ0) is 13.8. The lowest BCUT2D eigenvalue weighted by molar-refractivity contribution is -0.384. The molecule has 0 atom stereocenters. The number of hydrogen-bond donors (Lipinski definition) is 0. The first kappa shape index (κ1) is 13.6. The molecule has 0 amide bonds. The molecule has 6 heteroatoms. The van der Waals surface area contributed by atoms with Crippen LogP contribution in [0.3, 0.4) is 0 Å². The predicted octanol–water partition coefficient (Wildman–Crippen LogP) is 4.48. The van der Waals surface area contributed by atoms with Gasteiger partial charge in [-0.15, -0.1) is 0 Å². The van der Waals surface area contributed by atoms with Gasteiger partial charge in [-0.2, -0.15) is 0 Å². The molecular weight excluding hydrogens is 289 g/mol. The molecule has 19 heavy (non-hydrogen) atoms. The molecule has 0 heterocycles. The average Bonchev–Trinajstić information content (AvgIpc) is 2.39. The summed E-state index contributed by atoms with van der Waals surface area (Å²) in [7, 11) is 0. The SMILES string of the molecule is O=[N+]([O-])c1ccc(Cl)c(OCc2ccc(Cl)cc2)c1. The van der Waals surface area contributed by atoms with E-state index in [1.54, 1.807) is 12.1 Å². The Labute approximate surface area is 119 Å². The number of benzene rings is 2. The highest BCUT2D eigenvalue weighted by Crippen LogP contribution is 2.29. The lowest BCUT2D eigenvalue weighted by Crippen LogP contribution is -1.97. The molecule has 0 saturated heterocycles. The Morgan fingerprint density at radius 3 is 2.42 bits per heavy atom. The van der Waals surface area contributed by atoms with Crippen LogP contribution >= 0.6 is 23.2 Å². The molecule has 0 spiro atoms. The number of ether oxygens (including phenoxy) is 1. The predicted molar refractivity (Wildman–Crippen MR) is 73.9 cm³/mol. The van der Waals surface area contributed by atoms with E-state index in [1.807, 2.05) is 12.1 Å². The van der Waals surface area contributed by atoms with E-state index in [1.165, 1.54) is 18.2 Å². The molecule has 0 saturated carbocycles. The largest absolute Gasteiger partial charge is 0.487 e. The molecule has 0 aliphatic heterocycles. The smallest absolute Gasteiger partial charge is 0.273 e. The lowest BCUT2D eigenvalue weighted by Gasteiger charge is -2.08. The molecule has 2 rings (SSSR count). The van der Waals surface area contributed by atoms with Crippen LogP contribution in [0.15, 0.2) is 42.5 Å². The summed E-state index contributed by atoms with van der Waals surface area (Å²) in [5.74, 6) is 0.283. The van der Waals surface area contributed by atoms with Crippen LogP contribution in [0.2, 0.25) is 10.0 Å². The van der Waals surface area contributed by atoms with Crippen LogP contribution < -0.4 is 4.74 Å². The van der Waals surface area contributed by atoms with E-state index in [0.29, 0.717) is 10.0 Å². The van der Waals surface area contributed by atoms with E-state index in [9.17, 15) is 10.1 Å². The molecule has 0 N–H and O–H groups in total. The van der Waals surface area contributed by atoms with Crippen molar-refractivity contribution in [1.82, 2.24) is 0 Å². The Morgan fingerprint density at radius 1 is 1.11 bits per heavy atom. The van der Waals surface area contributed by atoms with Crippen LogP contribution in [0.25, 0.3) is 0 Å². The second-order valence-electron chi connectivity index (χ2n) is 3.79. The monoisotopic (exact) mass is 297 g/mol. The molecule has 0 fully saturated rings. The van der Waals surface area contributed by atoms with Gasteiger partial charge in [-0.05, 0) is 23.8 Å². The lowest BCUT2D eigenvalue weighted by atomic mass is 10.2. The summed E-state index contributed by atoms with van der Waals surface area (Å²) >= 11 is 11.7. The van der Waals surface area contributed by atoms with Gasteiger partial charge in [0.05, 0.1) is 16.0 Å². The maximum atomic E-state index is 10.7. The van der Waals surface area contributed by atoms with Gasteiger partial charge in [-0.3, -0.25) is 10.1 Å². The van der Waals surface area contributed by atoms with Crippen molar-refractivity contribution in [2.75, 3.05) is 0 Å². The maximum absolute atomic E-state index is 10.7. The van der Waals surface area contributed by atoms with Crippen molar-refractivity contribution in [3.8, 4) is 5.75 Å². The highest BCUT2D eigenvalue weighted by Gasteiger charge is 2.10. The highest BCUT2D eigenvalue weighted by atomic mass is 35.5. The Hall–Kier alpha value is -1.78.